The molecule has 8 heteroatoms. The zero-order valence-corrected chi connectivity index (χ0v) is 18.2. The standard InChI is InChI=1S/C22H21N5OS2/c1-2-26-11-10-17-19(14-26)30-22(23-17)24-21(28)16-13-27(15-7-4-3-5-8-15)25-20(16)18-9-6-12-29-18/h3-9,12-13H,2,10-11,14H2,1H3,(H,23,24,28). The summed E-state index contributed by atoms with van der Waals surface area (Å²) in [4.78, 5) is 22.5. The van der Waals surface area contributed by atoms with Crippen molar-refractivity contribution in [3.05, 3.63) is 70.2 Å². The van der Waals surface area contributed by atoms with Gasteiger partial charge in [0, 0.05) is 30.6 Å². The molecule has 0 aliphatic carbocycles. The first kappa shape index (κ1) is 19.2. The van der Waals surface area contributed by atoms with Crippen LogP contribution in [0.3, 0.4) is 0 Å². The van der Waals surface area contributed by atoms with E-state index in [-0.39, 0.29) is 5.91 Å². The first-order chi connectivity index (χ1) is 14.7. The quantitative estimate of drug-likeness (QED) is 0.494. The zero-order chi connectivity index (χ0) is 20.5. The van der Waals surface area contributed by atoms with Gasteiger partial charge in [-0.25, -0.2) is 9.67 Å². The van der Waals surface area contributed by atoms with E-state index in [2.05, 4.69) is 22.1 Å². The molecule has 0 unspecified atom stereocenters. The van der Waals surface area contributed by atoms with E-state index in [0.717, 1.165) is 42.3 Å². The summed E-state index contributed by atoms with van der Waals surface area (Å²) in [7, 11) is 0. The number of hydrogen-bond donors (Lipinski definition) is 1. The molecule has 0 radical (unpaired) electrons. The number of rotatable bonds is 5. The lowest BCUT2D eigenvalue weighted by Gasteiger charge is -2.23. The molecule has 6 nitrogen and oxygen atoms in total. The monoisotopic (exact) mass is 435 g/mol. The van der Waals surface area contributed by atoms with E-state index in [4.69, 9.17) is 5.10 Å². The molecule has 0 bridgehead atoms. The Morgan fingerprint density at radius 1 is 1.20 bits per heavy atom. The van der Waals surface area contributed by atoms with Gasteiger partial charge in [0.15, 0.2) is 5.13 Å². The molecular formula is C22H21N5OS2. The fourth-order valence-electron chi connectivity index (χ4n) is 3.58. The highest BCUT2D eigenvalue weighted by Crippen LogP contribution is 2.31. The lowest BCUT2D eigenvalue weighted by molar-refractivity contribution is 0.102. The fraction of sp³-hybridized carbons (Fsp3) is 0.227. The normalized spacial score (nSPS) is 13.9. The van der Waals surface area contributed by atoms with Crippen LogP contribution in [0.25, 0.3) is 16.3 Å². The summed E-state index contributed by atoms with van der Waals surface area (Å²) in [6.07, 6.45) is 2.73. The number of nitrogens with one attached hydrogen (secondary N) is 1. The van der Waals surface area contributed by atoms with Crippen LogP contribution in [-0.4, -0.2) is 38.7 Å². The number of hydrogen-bond acceptors (Lipinski definition) is 6. The SMILES string of the molecule is CCN1CCc2nc(NC(=O)c3cn(-c4ccccc4)nc3-c3cccs3)sc2C1. The molecule has 30 heavy (non-hydrogen) atoms. The van der Waals surface area contributed by atoms with Crippen molar-refractivity contribution in [1.82, 2.24) is 19.7 Å². The molecule has 0 spiro atoms. The van der Waals surface area contributed by atoms with Crippen LogP contribution >= 0.6 is 22.7 Å². The van der Waals surface area contributed by atoms with E-state index in [9.17, 15) is 4.79 Å². The van der Waals surface area contributed by atoms with E-state index >= 15 is 0 Å². The highest BCUT2D eigenvalue weighted by Gasteiger charge is 2.23. The van der Waals surface area contributed by atoms with E-state index in [1.54, 1.807) is 33.6 Å². The number of para-hydroxylation sites is 1. The molecule has 4 heterocycles. The second-order valence-corrected chi connectivity index (χ2v) is 9.14. The zero-order valence-electron chi connectivity index (χ0n) is 16.5. The molecule has 1 aliphatic rings. The number of amides is 1. The molecule has 5 rings (SSSR count). The van der Waals surface area contributed by atoms with Gasteiger partial charge in [0.2, 0.25) is 0 Å². The minimum absolute atomic E-state index is 0.181. The van der Waals surface area contributed by atoms with Crippen molar-refractivity contribution in [1.29, 1.82) is 0 Å². The fourth-order valence-corrected chi connectivity index (χ4v) is 5.35. The molecule has 1 aromatic carbocycles. The average Bonchev–Trinajstić information content (AvgIpc) is 3.52. The van der Waals surface area contributed by atoms with Crippen molar-refractivity contribution in [2.24, 2.45) is 0 Å². The number of likely N-dealkylation sites (N-methyl/N-ethyl adjacent to an activating group) is 1. The van der Waals surface area contributed by atoms with Gasteiger partial charge in [0.05, 0.1) is 21.8 Å². The molecule has 152 valence electrons. The number of nitrogens with zero attached hydrogens (tertiary/aromatic N) is 4. The van der Waals surface area contributed by atoms with E-state index < -0.39 is 0 Å². The highest BCUT2D eigenvalue weighted by atomic mass is 32.1. The van der Waals surface area contributed by atoms with E-state index in [1.807, 2.05) is 47.8 Å². The summed E-state index contributed by atoms with van der Waals surface area (Å²) in [6.45, 7) is 5.13. The van der Waals surface area contributed by atoms with Gasteiger partial charge < -0.3 is 0 Å². The Morgan fingerprint density at radius 2 is 2.07 bits per heavy atom. The van der Waals surface area contributed by atoms with Gasteiger partial charge >= 0.3 is 0 Å². The van der Waals surface area contributed by atoms with Crippen LogP contribution in [0.5, 0.6) is 0 Å². The Hall–Kier alpha value is -2.81. The summed E-state index contributed by atoms with van der Waals surface area (Å²) >= 11 is 3.15. The number of fused-ring (bicyclic) bond motifs is 1. The number of thiophene rings is 1. The number of anilines is 1. The summed E-state index contributed by atoms with van der Waals surface area (Å²) in [5.74, 6) is -0.181. The topological polar surface area (TPSA) is 63.1 Å². The Labute approximate surface area is 182 Å². The molecule has 0 atom stereocenters. The molecular weight excluding hydrogens is 414 g/mol. The summed E-state index contributed by atoms with van der Waals surface area (Å²) in [6, 6.07) is 13.8. The van der Waals surface area contributed by atoms with Gasteiger partial charge in [-0.2, -0.15) is 5.10 Å². The van der Waals surface area contributed by atoms with E-state index in [1.165, 1.54) is 4.88 Å². The van der Waals surface area contributed by atoms with Gasteiger partial charge in [-0.15, -0.1) is 22.7 Å². The second-order valence-electron chi connectivity index (χ2n) is 7.11. The maximum atomic E-state index is 13.2. The van der Waals surface area contributed by atoms with Gasteiger partial charge in [0.25, 0.3) is 5.91 Å². The number of benzene rings is 1. The third-order valence-electron chi connectivity index (χ3n) is 5.21. The lowest BCUT2D eigenvalue weighted by Crippen LogP contribution is -2.29. The minimum atomic E-state index is -0.181. The predicted octanol–water partition coefficient (Wildman–Crippen LogP) is 4.69. The second kappa shape index (κ2) is 8.14. The molecule has 0 saturated heterocycles. The predicted molar refractivity (Wildman–Crippen MR) is 122 cm³/mol. The van der Waals surface area contributed by atoms with Crippen LogP contribution in [0, 0.1) is 0 Å². The number of aromatic nitrogens is 3. The Bertz CT molecular complexity index is 1160. The molecule has 1 N–H and O–H groups in total. The average molecular weight is 436 g/mol. The van der Waals surface area contributed by atoms with Crippen LogP contribution in [0.4, 0.5) is 5.13 Å². The first-order valence-electron chi connectivity index (χ1n) is 9.92. The van der Waals surface area contributed by atoms with Gasteiger partial charge in [-0.3, -0.25) is 15.0 Å². The van der Waals surface area contributed by atoms with Gasteiger partial charge in [-0.1, -0.05) is 31.2 Å². The number of carbonyl (C=O) groups excluding carboxylic acids is 1. The largest absolute Gasteiger partial charge is 0.298 e. The lowest BCUT2D eigenvalue weighted by atomic mass is 10.2. The molecule has 1 aliphatic heterocycles. The smallest absolute Gasteiger partial charge is 0.261 e. The van der Waals surface area contributed by atoms with Crippen molar-refractivity contribution in [3.63, 3.8) is 0 Å². The number of thiazole rings is 1. The maximum absolute atomic E-state index is 13.2. The minimum Gasteiger partial charge on any atom is -0.298 e. The molecule has 3 aromatic heterocycles. The van der Waals surface area contributed by atoms with Crippen molar-refractivity contribution >= 4 is 33.7 Å². The Balaban J connectivity index is 1.45. The van der Waals surface area contributed by atoms with Crippen LogP contribution in [0.2, 0.25) is 0 Å². The van der Waals surface area contributed by atoms with Gasteiger partial charge in [-0.05, 0) is 30.1 Å². The third kappa shape index (κ3) is 3.69. The van der Waals surface area contributed by atoms with Crippen LogP contribution in [0.1, 0.15) is 27.9 Å². The van der Waals surface area contributed by atoms with E-state index in [0.29, 0.717) is 16.4 Å². The molecule has 0 saturated carbocycles. The van der Waals surface area contributed by atoms with Crippen LogP contribution in [-0.2, 0) is 13.0 Å². The summed E-state index contributed by atoms with van der Waals surface area (Å²) in [5, 5.41) is 10.4. The molecule has 4 aromatic rings. The molecule has 1 amide bonds. The Kier molecular flexibility index (Phi) is 5.20. The highest BCUT2D eigenvalue weighted by molar-refractivity contribution is 7.16. The van der Waals surface area contributed by atoms with Crippen molar-refractivity contribution in [3.8, 4) is 16.3 Å². The summed E-state index contributed by atoms with van der Waals surface area (Å²) in [5.41, 5.74) is 3.26. The van der Waals surface area contributed by atoms with Crippen molar-refractivity contribution < 1.29 is 4.79 Å². The summed E-state index contributed by atoms with van der Waals surface area (Å²) < 4.78 is 1.76. The van der Waals surface area contributed by atoms with Crippen molar-refractivity contribution in [2.75, 3.05) is 18.4 Å². The first-order valence-corrected chi connectivity index (χ1v) is 11.6. The number of carbonyl (C=O) groups is 1. The van der Waals surface area contributed by atoms with Crippen LogP contribution in [0.15, 0.2) is 54.0 Å². The third-order valence-corrected chi connectivity index (χ3v) is 7.09. The van der Waals surface area contributed by atoms with Gasteiger partial charge in [0.1, 0.15) is 5.69 Å². The van der Waals surface area contributed by atoms with Crippen LogP contribution < -0.4 is 5.32 Å². The van der Waals surface area contributed by atoms with Crippen molar-refractivity contribution in [2.45, 2.75) is 19.9 Å². The Morgan fingerprint density at radius 3 is 2.83 bits per heavy atom. The maximum Gasteiger partial charge on any atom is 0.261 e. The molecule has 0 fully saturated rings.